The molecule has 0 unspecified atom stereocenters. The summed E-state index contributed by atoms with van der Waals surface area (Å²) in [4.78, 5) is 51.7. The quantitative estimate of drug-likeness (QED) is 0.363. The van der Waals surface area contributed by atoms with Gasteiger partial charge in [-0.05, 0) is 55.2 Å². The third-order valence-corrected chi connectivity index (χ3v) is 7.33. The highest BCUT2D eigenvalue weighted by Gasteiger charge is 2.52. The van der Waals surface area contributed by atoms with Gasteiger partial charge >= 0.3 is 5.97 Å². The van der Waals surface area contributed by atoms with Crippen LogP contribution in [0.4, 0.5) is 11.4 Å². The van der Waals surface area contributed by atoms with Gasteiger partial charge in [0, 0.05) is 5.69 Å². The molecule has 2 fully saturated rings. The number of fused-ring (bicyclic) bond motifs is 1. The molecule has 2 aromatic rings. The van der Waals surface area contributed by atoms with Crippen molar-refractivity contribution < 1.29 is 23.9 Å². The Labute approximate surface area is 207 Å². The first-order chi connectivity index (χ1) is 16.3. The third-order valence-electron chi connectivity index (χ3n) is 6.23. The summed E-state index contributed by atoms with van der Waals surface area (Å²) in [7, 11) is 0. The number of carbonyl (C=O) groups excluding carboxylic acids is 4. The fourth-order valence-electron chi connectivity index (χ4n) is 4.36. The molecule has 1 saturated heterocycles. The van der Waals surface area contributed by atoms with Crippen LogP contribution < -0.4 is 10.2 Å². The number of anilines is 2. The number of halogens is 2. The van der Waals surface area contributed by atoms with E-state index in [0.717, 1.165) is 16.9 Å². The summed E-state index contributed by atoms with van der Waals surface area (Å²) in [5.41, 5.74) is 2.14. The summed E-state index contributed by atoms with van der Waals surface area (Å²) in [6, 6.07) is 13.4. The summed E-state index contributed by atoms with van der Waals surface area (Å²) in [5.74, 6) is -2.94. The van der Waals surface area contributed by atoms with Crippen molar-refractivity contribution in [3.05, 3.63) is 59.7 Å². The summed E-state index contributed by atoms with van der Waals surface area (Å²) < 4.78 is 5.13. The van der Waals surface area contributed by atoms with E-state index in [4.69, 9.17) is 27.9 Å². The van der Waals surface area contributed by atoms with Crippen LogP contribution in [0.15, 0.2) is 48.5 Å². The van der Waals surface area contributed by atoms with Gasteiger partial charge in [0.1, 0.15) is 0 Å². The molecule has 178 valence electrons. The molecule has 34 heavy (non-hydrogen) atoms. The number of nitrogens with zero attached hydrogens (tertiary/aromatic N) is 1. The van der Waals surface area contributed by atoms with Crippen LogP contribution in [0, 0.1) is 11.8 Å². The van der Waals surface area contributed by atoms with Crippen LogP contribution in [0.25, 0.3) is 0 Å². The zero-order valence-corrected chi connectivity index (χ0v) is 20.0. The molecule has 7 nitrogen and oxygen atoms in total. The van der Waals surface area contributed by atoms with Gasteiger partial charge in [-0.3, -0.25) is 19.3 Å². The maximum Gasteiger partial charge on any atom is 0.338 e. The van der Waals surface area contributed by atoms with Crippen LogP contribution in [0.2, 0.25) is 0 Å². The van der Waals surface area contributed by atoms with Crippen molar-refractivity contribution in [3.8, 4) is 0 Å². The number of ether oxygens (including phenoxy) is 1. The number of hydrogen-bond donors (Lipinski definition) is 1. The Hall–Kier alpha value is -2.90. The lowest BCUT2D eigenvalue weighted by atomic mass is 9.80. The smallest absolute Gasteiger partial charge is 0.338 e. The monoisotopic (exact) mass is 502 g/mol. The molecular weight excluding hydrogens is 479 g/mol. The van der Waals surface area contributed by atoms with Crippen LogP contribution in [-0.4, -0.2) is 41.1 Å². The highest BCUT2D eigenvalue weighted by atomic mass is 35.5. The molecule has 2 aromatic carbocycles. The molecule has 0 aromatic heterocycles. The van der Waals surface area contributed by atoms with Gasteiger partial charge in [-0.25, -0.2) is 4.79 Å². The zero-order chi connectivity index (χ0) is 24.4. The maximum atomic E-state index is 12.9. The fraction of sp³-hybridized carbons (Fsp3) is 0.360. The van der Waals surface area contributed by atoms with Crippen molar-refractivity contribution in [1.29, 1.82) is 0 Å². The molecule has 0 bridgehead atoms. The largest absolute Gasteiger partial charge is 0.452 e. The van der Waals surface area contributed by atoms with Gasteiger partial charge in [-0.15, -0.1) is 23.2 Å². The fourth-order valence-corrected chi connectivity index (χ4v) is 4.95. The first-order valence-electron chi connectivity index (χ1n) is 11.1. The number of rotatable bonds is 6. The molecule has 4 rings (SSSR count). The Morgan fingerprint density at radius 3 is 2.21 bits per heavy atom. The van der Waals surface area contributed by atoms with E-state index in [-0.39, 0.29) is 33.8 Å². The number of imide groups is 1. The molecule has 4 atom stereocenters. The number of benzene rings is 2. The summed E-state index contributed by atoms with van der Waals surface area (Å²) >= 11 is 12.4. The average Bonchev–Trinajstić information content (AvgIpc) is 3.07. The minimum Gasteiger partial charge on any atom is -0.452 e. The molecule has 3 amide bonds. The van der Waals surface area contributed by atoms with E-state index >= 15 is 0 Å². The minimum absolute atomic E-state index is 0.124. The number of hydrogen-bond acceptors (Lipinski definition) is 5. The topological polar surface area (TPSA) is 92.8 Å². The second kappa shape index (κ2) is 10.2. The van der Waals surface area contributed by atoms with Gasteiger partial charge in [0.2, 0.25) is 11.8 Å². The number of amides is 3. The number of aryl methyl sites for hydroxylation is 1. The second-order valence-corrected chi connectivity index (χ2v) is 9.57. The van der Waals surface area contributed by atoms with Crippen molar-refractivity contribution in [2.45, 2.75) is 36.9 Å². The molecule has 1 aliphatic carbocycles. The van der Waals surface area contributed by atoms with Crippen molar-refractivity contribution in [2.75, 3.05) is 16.8 Å². The van der Waals surface area contributed by atoms with E-state index in [1.54, 1.807) is 24.3 Å². The maximum absolute atomic E-state index is 12.9. The lowest BCUT2D eigenvalue weighted by Crippen LogP contribution is -2.34. The molecule has 1 N–H and O–H groups in total. The van der Waals surface area contributed by atoms with Gasteiger partial charge in [-0.1, -0.05) is 25.1 Å². The Morgan fingerprint density at radius 1 is 1.00 bits per heavy atom. The molecule has 0 radical (unpaired) electrons. The van der Waals surface area contributed by atoms with Crippen LogP contribution in [-0.2, 0) is 25.5 Å². The highest BCUT2D eigenvalue weighted by molar-refractivity contribution is 6.31. The predicted molar refractivity (Wildman–Crippen MR) is 129 cm³/mol. The molecule has 2 aliphatic rings. The van der Waals surface area contributed by atoms with Gasteiger partial charge in [0.05, 0.1) is 33.8 Å². The lowest BCUT2D eigenvalue weighted by molar-refractivity contribution is -0.122. The van der Waals surface area contributed by atoms with Gasteiger partial charge < -0.3 is 10.1 Å². The van der Waals surface area contributed by atoms with E-state index < -0.39 is 30.3 Å². The third kappa shape index (κ3) is 4.95. The molecule has 0 spiro atoms. The van der Waals surface area contributed by atoms with Gasteiger partial charge in [0.25, 0.3) is 5.91 Å². The Morgan fingerprint density at radius 2 is 1.62 bits per heavy atom. The van der Waals surface area contributed by atoms with Crippen LogP contribution in [0.3, 0.4) is 0 Å². The van der Waals surface area contributed by atoms with Crippen LogP contribution in [0.5, 0.6) is 0 Å². The number of nitrogens with one attached hydrogen (secondary N) is 1. The lowest BCUT2D eigenvalue weighted by Gasteiger charge is -2.28. The summed E-state index contributed by atoms with van der Waals surface area (Å²) in [6.45, 7) is 1.56. The Kier molecular flexibility index (Phi) is 7.24. The van der Waals surface area contributed by atoms with Gasteiger partial charge in [0.15, 0.2) is 6.61 Å². The van der Waals surface area contributed by atoms with E-state index in [9.17, 15) is 19.2 Å². The van der Waals surface area contributed by atoms with Crippen LogP contribution >= 0.6 is 23.2 Å². The average molecular weight is 503 g/mol. The van der Waals surface area contributed by atoms with Gasteiger partial charge in [-0.2, -0.15) is 0 Å². The Bertz CT molecular complexity index is 1090. The predicted octanol–water partition coefficient (Wildman–Crippen LogP) is 4.16. The SMILES string of the molecule is CCc1ccc(NC(=O)COC(=O)c2cccc(N3C(=O)[C@H]4C[C@H](Cl)[C@@H](Cl)C[C@H]4C3=O)c2)cc1. The van der Waals surface area contributed by atoms with Crippen molar-refractivity contribution in [3.63, 3.8) is 0 Å². The number of alkyl halides is 2. The number of carbonyl (C=O) groups is 4. The molecular formula is C25H24Cl2N2O5. The van der Waals surface area contributed by atoms with E-state index in [0.29, 0.717) is 18.5 Å². The second-order valence-electron chi connectivity index (χ2n) is 8.45. The van der Waals surface area contributed by atoms with Crippen molar-refractivity contribution >= 4 is 58.3 Å². The molecule has 1 heterocycles. The first-order valence-corrected chi connectivity index (χ1v) is 12.0. The van der Waals surface area contributed by atoms with Crippen molar-refractivity contribution in [1.82, 2.24) is 0 Å². The van der Waals surface area contributed by atoms with Crippen LogP contribution in [0.1, 0.15) is 35.7 Å². The summed E-state index contributed by atoms with van der Waals surface area (Å²) in [6.07, 6.45) is 1.56. The zero-order valence-electron chi connectivity index (χ0n) is 18.5. The molecule has 9 heteroatoms. The number of esters is 1. The Balaban J connectivity index is 1.40. The van der Waals surface area contributed by atoms with Crippen molar-refractivity contribution in [2.24, 2.45) is 11.8 Å². The molecule has 1 saturated carbocycles. The van der Waals surface area contributed by atoms with E-state index in [1.165, 1.54) is 12.1 Å². The standard InChI is InChI=1S/C25H24Cl2N2O5/c1-2-14-6-8-16(9-7-14)28-22(30)13-34-25(33)15-4-3-5-17(10-15)29-23(31)18-11-20(26)21(27)12-19(18)24(29)32/h3-10,18-21H,2,11-13H2,1H3,(H,28,30)/t18-,19+,20-,21-/m0/s1. The highest BCUT2D eigenvalue weighted by Crippen LogP contribution is 2.43. The summed E-state index contributed by atoms with van der Waals surface area (Å²) in [5, 5.41) is 1.91. The van der Waals surface area contributed by atoms with E-state index in [1.807, 2.05) is 19.1 Å². The first kappa shape index (κ1) is 24.2. The normalized spacial score (nSPS) is 24.0. The van der Waals surface area contributed by atoms with E-state index in [2.05, 4.69) is 5.32 Å². The molecule has 1 aliphatic heterocycles. The minimum atomic E-state index is -0.739.